The van der Waals surface area contributed by atoms with Crippen molar-refractivity contribution in [2.45, 2.75) is 15.7 Å². The number of esters is 1. The second kappa shape index (κ2) is 4.66. The molecule has 2 aromatic rings. The first-order valence-electron chi connectivity index (χ1n) is 5.93. The highest BCUT2D eigenvalue weighted by Crippen LogP contribution is 2.49. The minimum atomic E-state index is -0.706. The number of rotatable bonds is 1. The molecular formula is C13H10Br2N2O3. The molecule has 5 nitrogen and oxygen atoms in total. The van der Waals surface area contributed by atoms with Crippen molar-refractivity contribution in [1.82, 2.24) is 9.55 Å². The molecule has 1 aromatic heterocycles. The van der Waals surface area contributed by atoms with Crippen LogP contribution in [0.2, 0.25) is 0 Å². The Morgan fingerprint density at radius 2 is 2.15 bits per heavy atom. The van der Waals surface area contributed by atoms with Crippen LogP contribution in [0.4, 0.5) is 0 Å². The van der Waals surface area contributed by atoms with Gasteiger partial charge in [-0.25, -0.2) is 9.78 Å². The maximum absolute atomic E-state index is 12.6. The zero-order valence-electron chi connectivity index (χ0n) is 10.5. The molecule has 1 aromatic carbocycles. The second-order valence-corrected chi connectivity index (χ2v) is 8.35. The first-order chi connectivity index (χ1) is 9.45. The van der Waals surface area contributed by atoms with Crippen molar-refractivity contribution in [3.05, 3.63) is 40.4 Å². The van der Waals surface area contributed by atoms with Crippen LogP contribution in [0.25, 0.3) is 10.9 Å². The molecule has 0 aliphatic carbocycles. The molecule has 0 bridgehead atoms. The van der Waals surface area contributed by atoms with Gasteiger partial charge in [0.2, 0.25) is 0 Å². The van der Waals surface area contributed by atoms with Crippen LogP contribution in [0, 0.1) is 0 Å². The lowest BCUT2D eigenvalue weighted by Crippen LogP contribution is -2.29. The summed E-state index contributed by atoms with van der Waals surface area (Å²) in [6.45, 7) is 0. The highest BCUT2D eigenvalue weighted by Gasteiger charge is 2.46. The Labute approximate surface area is 131 Å². The molecule has 0 spiro atoms. The van der Waals surface area contributed by atoms with E-state index >= 15 is 0 Å². The van der Waals surface area contributed by atoms with Gasteiger partial charge in [-0.15, -0.1) is 0 Å². The molecule has 20 heavy (non-hydrogen) atoms. The van der Waals surface area contributed by atoms with E-state index in [1.165, 1.54) is 11.7 Å². The van der Waals surface area contributed by atoms with Gasteiger partial charge in [-0.05, 0) is 12.1 Å². The quantitative estimate of drug-likeness (QED) is 0.544. The largest absolute Gasteiger partial charge is 0.467 e. The van der Waals surface area contributed by atoms with Crippen molar-refractivity contribution in [1.29, 1.82) is 0 Å². The fraction of sp³-hybridized carbons (Fsp3) is 0.308. The summed E-state index contributed by atoms with van der Waals surface area (Å²) in [5.74, 6) is 0.0304. The topological polar surface area (TPSA) is 61.2 Å². The average molecular weight is 402 g/mol. The van der Waals surface area contributed by atoms with E-state index in [1.807, 2.05) is 6.07 Å². The van der Waals surface area contributed by atoms with Gasteiger partial charge in [-0.3, -0.25) is 9.36 Å². The van der Waals surface area contributed by atoms with Gasteiger partial charge >= 0.3 is 5.97 Å². The van der Waals surface area contributed by atoms with Crippen molar-refractivity contribution in [3.8, 4) is 0 Å². The fourth-order valence-corrected chi connectivity index (χ4v) is 3.62. The molecule has 1 aliphatic heterocycles. The van der Waals surface area contributed by atoms with Crippen molar-refractivity contribution < 1.29 is 9.53 Å². The van der Waals surface area contributed by atoms with Crippen LogP contribution in [0.5, 0.6) is 0 Å². The van der Waals surface area contributed by atoms with E-state index in [0.717, 1.165) is 0 Å². The third-order valence-electron chi connectivity index (χ3n) is 3.37. The molecule has 0 radical (unpaired) electrons. The number of fused-ring (bicyclic) bond motifs is 2. The van der Waals surface area contributed by atoms with Crippen LogP contribution in [0.15, 0.2) is 29.1 Å². The Morgan fingerprint density at radius 3 is 2.85 bits per heavy atom. The van der Waals surface area contributed by atoms with Gasteiger partial charge in [-0.2, -0.15) is 0 Å². The van der Waals surface area contributed by atoms with E-state index in [-0.39, 0.29) is 5.56 Å². The van der Waals surface area contributed by atoms with Crippen molar-refractivity contribution in [2.24, 2.45) is 0 Å². The summed E-state index contributed by atoms with van der Waals surface area (Å²) < 4.78 is 5.48. The Morgan fingerprint density at radius 1 is 1.45 bits per heavy atom. The predicted octanol–water partition coefficient (Wildman–Crippen LogP) is 2.46. The van der Waals surface area contributed by atoms with Gasteiger partial charge < -0.3 is 4.74 Å². The van der Waals surface area contributed by atoms with Crippen LogP contribution >= 0.6 is 31.9 Å². The van der Waals surface area contributed by atoms with E-state index in [2.05, 4.69) is 36.8 Å². The molecule has 0 saturated heterocycles. The zero-order chi connectivity index (χ0) is 14.5. The Kier molecular flexibility index (Phi) is 3.21. The number of carbonyl (C=O) groups excluding carboxylic acids is 1. The molecule has 1 atom stereocenters. The highest BCUT2D eigenvalue weighted by molar-refractivity contribution is 9.24. The summed E-state index contributed by atoms with van der Waals surface area (Å²) >= 11 is 6.97. The molecule has 1 unspecified atom stereocenters. The standard InChI is InChI=1S/C13H10Br2N2O3/c1-20-11(19)9-6-13(14,15)12-16-8-5-3-2-4-7(8)10(18)17(9)12/h2-5,9H,6H2,1H3. The van der Waals surface area contributed by atoms with Gasteiger partial charge in [0.15, 0.2) is 0 Å². The molecule has 1 aliphatic rings. The number of ether oxygens (including phenoxy) is 1. The number of alkyl halides is 2. The number of halogens is 2. The normalized spacial score (nSPS) is 19.9. The van der Waals surface area contributed by atoms with Crippen LogP contribution < -0.4 is 5.56 Å². The van der Waals surface area contributed by atoms with Gasteiger partial charge in [-0.1, -0.05) is 44.0 Å². The maximum atomic E-state index is 12.6. The maximum Gasteiger partial charge on any atom is 0.329 e. The lowest BCUT2D eigenvalue weighted by molar-refractivity contribution is -0.144. The molecule has 3 rings (SSSR count). The highest BCUT2D eigenvalue weighted by atomic mass is 79.9. The monoisotopic (exact) mass is 400 g/mol. The number of benzene rings is 1. The number of nitrogens with zero attached hydrogens (tertiary/aromatic N) is 2. The van der Waals surface area contributed by atoms with E-state index < -0.39 is 15.2 Å². The third-order valence-corrected chi connectivity index (χ3v) is 4.73. The van der Waals surface area contributed by atoms with Gasteiger partial charge in [0.1, 0.15) is 15.1 Å². The Balaban J connectivity index is 2.36. The first kappa shape index (κ1) is 13.8. The fourth-order valence-electron chi connectivity index (χ4n) is 2.44. The van der Waals surface area contributed by atoms with Crippen molar-refractivity contribution in [2.75, 3.05) is 7.11 Å². The van der Waals surface area contributed by atoms with Crippen LogP contribution in [-0.2, 0) is 12.8 Å². The minimum Gasteiger partial charge on any atom is -0.467 e. The van der Waals surface area contributed by atoms with E-state index in [0.29, 0.717) is 23.1 Å². The third kappa shape index (κ3) is 1.91. The van der Waals surface area contributed by atoms with E-state index in [4.69, 9.17) is 4.74 Å². The molecule has 0 amide bonds. The summed E-state index contributed by atoms with van der Waals surface area (Å²) in [5.41, 5.74) is 0.374. The summed E-state index contributed by atoms with van der Waals surface area (Å²) in [4.78, 5) is 29.0. The number of methoxy groups -OCH3 is 1. The van der Waals surface area contributed by atoms with Crippen LogP contribution in [0.3, 0.4) is 0 Å². The SMILES string of the molecule is COC(=O)C1CC(Br)(Br)c2nc3ccccc3c(=O)n21. The second-order valence-electron chi connectivity index (χ2n) is 4.58. The molecule has 2 heterocycles. The van der Waals surface area contributed by atoms with Gasteiger partial charge in [0.05, 0.1) is 18.0 Å². The molecule has 0 fully saturated rings. The summed E-state index contributed by atoms with van der Waals surface area (Å²) in [6, 6.07) is 6.39. The average Bonchev–Trinajstić information content (AvgIpc) is 2.71. The van der Waals surface area contributed by atoms with Gasteiger partial charge in [0, 0.05) is 6.42 Å². The molecule has 104 valence electrons. The molecular weight excluding hydrogens is 392 g/mol. The minimum absolute atomic E-state index is 0.234. The number of para-hydroxylation sites is 1. The predicted molar refractivity (Wildman–Crippen MR) is 81.2 cm³/mol. The Hall–Kier alpha value is -1.21. The Bertz CT molecular complexity index is 770. The lowest BCUT2D eigenvalue weighted by Gasteiger charge is -2.12. The summed E-state index contributed by atoms with van der Waals surface area (Å²) in [7, 11) is 1.31. The van der Waals surface area contributed by atoms with E-state index in [9.17, 15) is 9.59 Å². The number of carbonyl (C=O) groups is 1. The molecule has 0 N–H and O–H groups in total. The number of hydrogen-bond acceptors (Lipinski definition) is 4. The summed E-state index contributed by atoms with van der Waals surface area (Å²) in [5, 5.41) is 0.489. The van der Waals surface area contributed by atoms with Crippen LogP contribution in [0.1, 0.15) is 18.3 Å². The first-order valence-corrected chi connectivity index (χ1v) is 7.52. The molecule has 7 heteroatoms. The zero-order valence-corrected chi connectivity index (χ0v) is 13.6. The van der Waals surface area contributed by atoms with Crippen LogP contribution in [-0.4, -0.2) is 22.6 Å². The van der Waals surface area contributed by atoms with E-state index in [1.54, 1.807) is 18.2 Å². The smallest absolute Gasteiger partial charge is 0.329 e. The lowest BCUT2D eigenvalue weighted by atomic mass is 10.2. The number of hydrogen-bond donors (Lipinski definition) is 0. The van der Waals surface area contributed by atoms with Crippen molar-refractivity contribution in [3.63, 3.8) is 0 Å². The molecule has 0 saturated carbocycles. The van der Waals surface area contributed by atoms with Gasteiger partial charge in [0.25, 0.3) is 5.56 Å². The summed E-state index contributed by atoms with van der Waals surface area (Å²) in [6.07, 6.45) is 0.359. The van der Waals surface area contributed by atoms with Crippen molar-refractivity contribution >= 4 is 48.7 Å². The number of aromatic nitrogens is 2.